The van der Waals surface area contributed by atoms with Gasteiger partial charge in [0.15, 0.2) is 11.5 Å². The van der Waals surface area contributed by atoms with Crippen molar-refractivity contribution in [2.24, 2.45) is 5.73 Å². The summed E-state index contributed by atoms with van der Waals surface area (Å²) in [5.74, 6) is 1.10. The van der Waals surface area contributed by atoms with Gasteiger partial charge in [-0.2, -0.15) is 0 Å². The molecule has 0 aliphatic heterocycles. The van der Waals surface area contributed by atoms with Gasteiger partial charge in [0.05, 0.1) is 19.2 Å². The number of ether oxygens (including phenoxy) is 2. The number of carbonyl (C=O) groups excluding carboxylic acids is 1. The van der Waals surface area contributed by atoms with Gasteiger partial charge in [0.2, 0.25) is 5.91 Å². The third-order valence-corrected chi connectivity index (χ3v) is 3.70. The van der Waals surface area contributed by atoms with Gasteiger partial charge in [0, 0.05) is 0 Å². The van der Waals surface area contributed by atoms with Gasteiger partial charge >= 0.3 is 0 Å². The van der Waals surface area contributed by atoms with Crippen LogP contribution in [-0.2, 0) is 11.4 Å². The lowest BCUT2D eigenvalue weighted by molar-refractivity contribution is -0.122. The molecule has 0 fully saturated rings. The zero-order valence-electron chi connectivity index (χ0n) is 14.3. The molecule has 0 heterocycles. The Morgan fingerprint density at radius 3 is 2.46 bits per heavy atom. The maximum Gasteiger partial charge on any atom is 0.237 e. The van der Waals surface area contributed by atoms with E-state index in [-0.39, 0.29) is 11.9 Å². The third kappa shape index (κ3) is 4.73. The Kier molecular flexibility index (Phi) is 6.21. The molecule has 0 saturated heterocycles. The topological polar surface area (TPSA) is 73.6 Å². The first-order valence-electron chi connectivity index (χ1n) is 7.92. The molecule has 2 rings (SSSR count). The zero-order chi connectivity index (χ0) is 17.5. The fourth-order valence-electron chi connectivity index (χ4n) is 2.24. The van der Waals surface area contributed by atoms with Crippen molar-refractivity contribution in [1.29, 1.82) is 0 Å². The molecule has 24 heavy (non-hydrogen) atoms. The molecule has 2 atom stereocenters. The molecular weight excluding hydrogens is 304 g/mol. The number of rotatable bonds is 7. The standard InChI is InChI=1S/C19H24N2O3/c1-13(20)19(22)21-14(2)16-9-10-17(18(11-16)23-3)24-12-15-7-5-4-6-8-15/h4-11,13-14H,12,20H2,1-3H3,(H,21,22)/t13-,14?/m0/s1. The van der Waals surface area contributed by atoms with Crippen molar-refractivity contribution in [2.45, 2.75) is 32.5 Å². The van der Waals surface area contributed by atoms with Crippen molar-refractivity contribution in [3.8, 4) is 11.5 Å². The minimum atomic E-state index is -0.539. The van der Waals surface area contributed by atoms with E-state index in [1.54, 1.807) is 14.0 Å². The molecule has 0 spiro atoms. The molecule has 5 heteroatoms. The molecule has 1 amide bonds. The van der Waals surface area contributed by atoms with Crippen LogP contribution in [0.5, 0.6) is 11.5 Å². The molecule has 2 aromatic rings. The number of benzene rings is 2. The second-order valence-corrected chi connectivity index (χ2v) is 5.70. The van der Waals surface area contributed by atoms with Crippen LogP contribution in [0.15, 0.2) is 48.5 Å². The second-order valence-electron chi connectivity index (χ2n) is 5.70. The molecule has 2 aromatic carbocycles. The van der Waals surface area contributed by atoms with Crippen molar-refractivity contribution in [3.05, 3.63) is 59.7 Å². The van der Waals surface area contributed by atoms with Crippen LogP contribution in [0.4, 0.5) is 0 Å². The van der Waals surface area contributed by atoms with E-state index in [9.17, 15) is 4.79 Å². The summed E-state index contributed by atoms with van der Waals surface area (Å²) in [6, 6.07) is 14.9. The van der Waals surface area contributed by atoms with E-state index in [1.165, 1.54) is 0 Å². The first kappa shape index (κ1) is 17.8. The largest absolute Gasteiger partial charge is 0.493 e. The lowest BCUT2D eigenvalue weighted by Gasteiger charge is -2.18. The second kappa shape index (κ2) is 8.36. The molecule has 1 unspecified atom stereocenters. The number of hydrogen-bond acceptors (Lipinski definition) is 4. The Bertz CT molecular complexity index is 672. The summed E-state index contributed by atoms with van der Waals surface area (Å²) in [4.78, 5) is 11.7. The summed E-state index contributed by atoms with van der Waals surface area (Å²) in [5.41, 5.74) is 7.59. The zero-order valence-corrected chi connectivity index (χ0v) is 14.3. The number of methoxy groups -OCH3 is 1. The van der Waals surface area contributed by atoms with Gasteiger partial charge in [-0.1, -0.05) is 36.4 Å². The minimum Gasteiger partial charge on any atom is -0.493 e. The minimum absolute atomic E-state index is 0.166. The molecule has 0 radical (unpaired) electrons. The number of carbonyl (C=O) groups is 1. The Hall–Kier alpha value is -2.53. The molecule has 5 nitrogen and oxygen atoms in total. The Labute approximate surface area is 142 Å². The first-order chi connectivity index (χ1) is 11.5. The van der Waals surface area contributed by atoms with E-state index >= 15 is 0 Å². The maximum absolute atomic E-state index is 11.7. The predicted octanol–water partition coefficient (Wildman–Crippen LogP) is 2.80. The molecule has 0 saturated carbocycles. The van der Waals surface area contributed by atoms with Crippen molar-refractivity contribution >= 4 is 5.91 Å². The summed E-state index contributed by atoms with van der Waals surface area (Å²) in [6.45, 7) is 4.02. The summed E-state index contributed by atoms with van der Waals surface area (Å²) in [7, 11) is 1.60. The van der Waals surface area contributed by atoms with Crippen LogP contribution in [-0.4, -0.2) is 19.1 Å². The smallest absolute Gasteiger partial charge is 0.237 e. The number of amides is 1. The molecule has 0 bridgehead atoms. The van der Waals surface area contributed by atoms with Crippen molar-refractivity contribution in [2.75, 3.05) is 7.11 Å². The van der Waals surface area contributed by atoms with Gasteiger partial charge in [-0.15, -0.1) is 0 Å². The van der Waals surface area contributed by atoms with E-state index in [0.717, 1.165) is 11.1 Å². The Balaban J connectivity index is 2.08. The van der Waals surface area contributed by atoms with Gasteiger partial charge in [0.25, 0.3) is 0 Å². The van der Waals surface area contributed by atoms with Crippen LogP contribution in [0.3, 0.4) is 0 Å². The summed E-state index contributed by atoms with van der Waals surface area (Å²) >= 11 is 0. The van der Waals surface area contributed by atoms with E-state index in [4.69, 9.17) is 15.2 Å². The van der Waals surface area contributed by atoms with Crippen molar-refractivity contribution in [3.63, 3.8) is 0 Å². The maximum atomic E-state index is 11.7. The van der Waals surface area contributed by atoms with E-state index < -0.39 is 6.04 Å². The van der Waals surface area contributed by atoms with Crippen LogP contribution >= 0.6 is 0 Å². The normalized spacial score (nSPS) is 13.0. The predicted molar refractivity (Wildman–Crippen MR) is 94.0 cm³/mol. The lowest BCUT2D eigenvalue weighted by Crippen LogP contribution is -2.39. The SMILES string of the molecule is COc1cc(C(C)NC(=O)[C@H](C)N)ccc1OCc1ccccc1. The fraction of sp³-hybridized carbons (Fsp3) is 0.316. The summed E-state index contributed by atoms with van der Waals surface area (Å²) in [5, 5.41) is 2.86. The van der Waals surface area contributed by atoms with Crippen LogP contribution in [0.2, 0.25) is 0 Å². The van der Waals surface area contributed by atoms with Crippen LogP contribution in [0.25, 0.3) is 0 Å². The molecule has 0 aliphatic carbocycles. The molecular formula is C19H24N2O3. The highest BCUT2D eigenvalue weighted by Crippen LogP contribution is 2.31. The first-order valence-corrected chi connectivity index (χ1v) is 7.92. The number of nitrogens with one attached hydrogen (secondary N) is 1. The van der Waals surface area contributed by atoms with Gasteiger partial charge in [0.1, 0.15) is 6.61 Å². The Morgan fingerprint density at radius 2 is 1.83 bits per heavy atom. The van der Waals surface area contributed by atoms with E-state index in [2.05, 4.69) is 5.32 Å². The number of hydrogen-bond donors (Lipinski definition) is 2. The average molecular weight is 328 g/mol. The quantitative estimate of drug-likeness (QED) is 0.820. The van der Waals surface area contributed by atoms with Crippen LogP contribution in [0.1, 0.15) is 31.0 Å². The lowest BCUT2D eigenvalue weighted by atomic mass is 10.1. The van der Waals surface area contributed by atoms with E-state index in [1.807, 2.05) is 55.5 Å². The van der Waals surface area contributed by atoms with Gasteiger partial charge in [-0.05, 0) is 37.1 Å². The van der Waals surface area contributed by atoms with Crippen molar-refractivity contribution < 1.29 is 14.3 Å². The Morgan fingerprint density at radius 1 is 1.12 bits per heavy atom. The highest BCUT2D eigenvalue weighted by Gasteiger charge is 2.15. The van der Waals surface area contributed by atoms with Gasteiger partial charge in [-0.3, -0.25) is 4.79 Å². The monoisotopic (exact) mass is 328 g/mol. The summed E-state index contributed by atoms with van der Waals surface area (Å²) in [6.07, 6.45) is 0. The highest BCUT2D eigenvalue weighted by molar-refractivity contribution is 5.81. The third-order valence-electron chi connectivity index (χ3n) is 3.70. The summed E-state index contributed by atoms with van der Waals surface area (Å²) < 4.78 is 11.3. The molecule has 0 aliphatic rings. The van der Waals surface area contributed by atoms with Gasteiger partial charge < -0.3 is 20.5 Å². The van der Waals surface area contributed by atoms with Crippen molar-refractivity contribution in [1.82, 2.24) is 5.32 Å². The fourth-order valence-corrected chi connectivity index (χ4v) is 2.24. The van der Waals surface area contributed by atoms with Crippen LogP contribution < -0.4 is 20.5 Å². The van der Waals surface area contributed by atoms with Gasteiger partial charge in [-0.25, -0.2) is 0 Å². The molecule has 128 valence electrons. The molecule has 0 aromatic heterocycles. The average Bonchev–Trinajstić information content (AvgIpc) is 2.60. The van der Waals surface area contributed by atoms with E-state index in [0.29, 0.717) is 18.1 Å². The highest BCUT2D eigenvalue weighted by atomic mass is 16.5. The van der Waals surface area contributed by atoms with Crippen LogP contribution in [0, 0.1) is 0 Å². The molecule has 3 N–H and O–H groups in total. The number of nitrogens with two attached hydrogens (primary N) is 1.